The lowest BCUT2D eigenvalue weighted by Crippen LogP contribution is -2.34. The van der Waals surface area contributed by atoms with E-state index in [9.17, 15) is 44.7 Å². The fraction of sp³-hybridized carbons (Fsp3) is 0.185. The largest absolute Gasteiger partial charge is 0.405 e. The quantitative estimate of drug-likeness (QED) is 0.136. The average Bonchev–Trinajstić information content (AvgIpc) is 3.41. The lowest BCUT2D eigenvalue weighted by Gasteiger charge is -2.17. The minimum Gasteiger partial charge on any atom is -0.370 e. The number of rotatable bonds is 11. The van der Waals surface area contributed by atoms with Crippen molar-refractivity contribution in [3.63, 3.8) is 0 Å². The Hall–Kier alpha value is -4.90. The van der Waals surface area contributed by atoms with Gasteiger partial charge in [-0.15, -0.1) is 5.10 Å². The zero-order valence-electron chi connectivity index (χ0n) is 22.0. The summed E-state index contributed by atoms with van der Waals surface area (Å²) in [6.45, 7) is -1.93. The average molecular weight is 629 g/mol. The molecule has 1 aromatic heterocycles. The molecule has 3 aromatic carbocycles. The molecule has 1 heterocycles. The molecule has 0 aliphatic rings. The molecule has 0 unspecified atom stereocenters. The second kappa shape index (κ2) is 13.2. The van der Waals surface area contributed by atoms with Gasteiger partial charge in [0.15, 0.2) is 23.1 Å². The second-order valence-electron chi connectivity index (χ2n) is 8.89. The number of hydrogen-bond acceptors (Lipinski definition) is 6. The Morgan fingerprint density at radius 1 is 0.818 bits per heavy atom. The highest BCUT2D eigenvalue weighted by atomic mass is 19.4. The molecule has 0 aliphatic heterocycles. The van der Waals surface area contributed by atoms with Gasteiger partial charge in [0.25, 0.3) is 11.8 Å². The summed E-state index contributed by atoms with van der Waals surface area (Å²) in [5, 5.41) is 9.16. The van der Waals surface area contributed by atoms with Gasteiger partial charge in [-0.3, -0.25) is 9.59 Å². The molecular formula is C27H19F8N5O4. The molecule has 0 atom stereocenters. The van der Waals surface area contributed by atoms with Gasteiger partial charge in [-0.25, -0.2) is 23.3 Å². The van der Waals surface area contributed by atoms with Crippen molar-refractivity contribution in [3.8, 4) is 5.69 Å². The van der Waals surface area contributed by atoms with E-state index in [1.807, 2.05) is 0 Å². The Labute approximate surface area is 242 Å². The summed E-state index contributed by atoms with van der Waals surface area (Å²) in [6.07, 6.45) is -9.28. The van der Waals surface area contributed by atoms with Crippen LogP contribution in [0.15, 0.2) is 66.7 Å². The Morgan fingerprint density at radius 3 is 2.16 bits per heavy atom. The molecule has 4 rings (SSSR count). The van der Waals surface area contributed by atoms with Crippen LogP contribution in [0.25, 0.3) is 5.69 Å². The van der Waals surface area contributed by atoms with Crippen LogP contribution < -0.4 is 10.8 Å². The lowest BCUT2D eigenvalue weighted by molar-refractivity contribution is -0.274. The van der Waals surface area contributed by atoms with E-state index in [0.717, 1.165) is 22.4 Å². The van der Waals surface area contributed by atoms with E-state index < -0.39 is 66.0 Å². The summed E-state index contributed by atoms with van der Waals surface area (Å²) < 4.78 is 113. The molecule has 2 N–H and O–H groups in total. The highest BCUT2D eigenvalue weighted by molar-refractivity contribution is 5.94. The number of halogens is 8. The van der Waals surface area contributed by atoms with Gasteiger partial charge in [0.1, 0.15) is 12.2 Å². The molecule has 232 valence electrons. The summed E-state index contributed by atoms with van der Waals surface area (Å²) in [4.78, 5) is 28.9. The molecule has 0 bridgehead atoms. The molecule has 9 nitrogen and oxygen atoms in total. The van der Waals surface area contributed by atoms with Crippen LogP contribution in [-0.4, -0.2) is 39.5 Å². The number of benzene rings is 3. The van der Waals surface area contributed by atoms with Gasteiger partial charge in [0.2, 0.25) is 0 Å². The van der Waals surface area contributed by atoms with Crippen LogP contribution in [0.5, 0.6) is 0 Å². The first-order chi connectivity index (χ1) is 20.8. The van der Waals surface area contributed by atoms with Gasteiger partial charge in [0, 0.05) is 5.56 Å². The smallest absolute Gasteiger partial charge is 0.370 e. The number of alkyl halides is 5. The number of amides is 2. The Kier molecular flexibility index (Phi) is 9.59. The summed E-state index contributed by atoms with van der Waals surface area (Å²) in [7, 11) is 0. The lowest BCUT2D eigenvalue weighted by atomic mass is 10.2. The summed E-state index contributed by atoms with van der Waals surface area (Å²) in [5.74, 6) is -8.57. The maximum Gasteiger partial charge on any atom is 0.405 e. The van der Waals surface area contributed by atoms with E-state index in [0.29, 0.717) is 0 Å². The number of nitrogens with zero attached hydrogens (tertiary/aromatic N) is 3. The molecule has 44 heavy (non-hydrogen) atoms. The molecule has 0 aliphatic carbocycles. The highest BCUT2D eigenvalue weighted by Crippen LogP contribution is 2.32. The van der Waals surface area contributed by atoms with Gasteiger partial charge >= 0.3 is 12.3 Å². The van der Waals surface area contributed by atoms with Crippen LogP contribution in [0.3, 0.4) is 0 Å². The monoisotopic (exact) mass is 629 g/mol. The number of ether oxygens (including phenoxy) is 1. The van der Waals surface area contributed by atoms with E-state index in [1.54, 1.807) is 35.6 Å². The number of carbonyl (C=O) groups is 2. The molecule has 0 spiro atoms. The van der Waals surface area contributed by atoms with E-state index in [2.05, 4.69) is 15.1 Å². The number of hydrogen-bond donors (Lipinski definition) is 2. The molecule has 17 heteroatoms. The molecule has 0 saturated heterocycles. The summed E-state index contributed by atoms with van der Waals surface area (Å²) in [6, 6.07) is 14.0. The fourth-order valence-electron chi connectivity index (χ4n) is 3.66. The number of aromatic nitrogens is 3. The zero-order chi connectivity index (χ0) is 32.1. The van der Waals surface area contributed by atoms with Gasteiger partial charge in [0.05, 0.1) is 24.5 Å². The standard InChI is InChI=1S/C27H19F8N5O4/c28-19-11-10-18(21(29)22(19)30)27(34,35)44-38-25(42)23-20(13-43-12-15-4-2-1-3-5-15)40(39-37-23)17-8-6-16(7-9-17)24(41)36-14-26(31,32)33/h1-11H,12-14H2,(H,36,41)(H,38,42). The van der Waals surface area contributed by atoms with Gasteiger partial charge < -0.3 is 10.1 Å². The van der Waals surface area contributed by atoms with Crippen LogP contribution in [0.4, 0.5) is 35.1 Å². The molecule has 0 radical (unpaired) electrons. The highest BCUT2D eigenvalue weighted by Gasteiger charge is 2.40. The zero-order valence-corrected chi connectivity index (χ0v) is 22.0. The van der Waals surface area contributed by atoms with Gasteiger partial charge in [-0.05, 0) is 42.0 Å². The van der Waals surface area contributed by atoms with Crippen molar-refractivity contribution < 1.29 is 54.3 Å². The Bertz CT molecular complexity index is 1630. The van der Waals surface area contributed by atoms with Crippen molar-refractivity contribution in [3.05, 3.63) is 112 Å². The van der Waals surface area contributed by atoms with Crippen LogP contribution >= 0.6 is 0 Å². The Balaban J connectivity index is 1.56. The minimum atomic E-state index is -4.66. The van der Waals surface area contributed by atoms with E-state index in [1.165, 1.54) is 17.6 Å². The van der Waals surface area contributed by atoms with Crippen molar-refractivity contribution in [2.75, 3.05) is 6.54 Å². The molecule has 0 saturated carbocycles. The minimum absolute atomic E-state index is 0.0232. The third-order valence-electron chi connectivity index (χ3n) is 5.77. The van der Waals surface area contributed by atoms with Crippen molar-refractivity contribution in [2.24, 2.45) is 0 Å². The maximum atomic E-state index is 14.5. The van der Waals surface area contributed by atoms with E-state index in [-0.39, 0.29) is 35.7 Å². The normalized spacial score (nSPS) is 11.8. The van der Waals surface area contributed by atoms with Gasteiger partial charge in [-0.2, -0.15) is 26.8 Å². The third kappa shape index (κ3) is 7.73. The topological polar surface area (TPSA) is 107 Å². The van der Waals surface area contributed by atoms with Crippen LogP contribution in [0.2, 0.25) is 0 Å². The van der Waals surface area contributed by atoms with Crippen molar-refractivity contribution >= 4 is 11.8 Å². The van der Waals surface area contributed by atoms with Crippen LogP contribution in [0.1, 0.15) is 37.7 Å². The molecular weight excluding hydrogens is 610 g/mol. The maximum absolute atomic E-state index is 14.5. The fourth-order valence-corrected chi connectivity index (χ4v) is 3.66. The Morgan fingerprint density at radius 2 is 1.50 bits per heavy atom. The number of carbonyl (C=O) groups excluding carboxylic acids is 2. The van der Waals surface area contributed by atoms with Crippen LogP contribution in [0, 0.1) is 17.5 Å². The third-order valence-corrected chi connectivity index (χ3v) is 5.77. The van der Waals surface area contributed by atoms with Crippen molar-refractivity contribution in [1.82, 2.24) is 25.8 Å². The molecule has 0 fully saturated rings. The first-order valence-corrected chi connectivity index (χ1v) is 12.3. The van der Waals surface area contributed by atoms with Crippen LogP contribution in [-0.2, 0) is 28.9 Å². The predicted octanol–water partition coefficient (Wildman–Crippen LogP) is 5.10. The number of nitrogens with one attached hydrogen (secondary N) is 2. The predicted molar refractivity (Wildman–Crippen MR) is 133 cm³/mol. The van der Waals surface area contributed by atoms with Crippen molar-refractivity contribution in [2.45, 2.75) is 25.5 Å². The summed E-state index contributed by atoms with van der Waals surface area (Å²) >= 11 is 0. The van der Waals surface area contributed by atoms with E-state index in [4.69, 9.17) is 4.74 Å². The number of hydroxylamine groups is 1. The SMILES string of the molecule is O=C(NCC(F)(F)F)c1ccc(-n2nnc(C(=O)NOC(F)(F)c3ccc(F)c(F)c3F)c2COCc2ccccc2)cc1. The molecule has 2 amide bonds. The first kappa shape index (κ1) is 32.0. The van der Waals surface area contributed by atoms with E-state index >= 15 is 0 Å². The first-order valence-electron chi connectivity index (χ1n) is 12.3. The van der Waals surface area contributed by atoms with Crippen molar-refractivity contribution in [1.29, 1.82) is 0 Å². The molecule has 4 aromatic rings. The van der Waals surface area contributed by atoms with Gasteiger partial charge in [-0.1, -0.05) is 35.5 Å². The summed E-state index contributed by atoms with van der Waals surface area (Å²) in [5.41, 5.74) is -0.338. The second-order valence-corrected chi connectivity index (χ2v) is 8.89.